The summed E-state index contributed by atoms with van der Waals surface area (Å²) in [6.45, 7) is 6.89. The third-order valence-electron chi connectivity index (χ3n) is 10.2. The second-order valence-electron chi connectivity index (χ2n) is 13.7. The summed E-state index contributed by atoms with van der Waals surface area (Å²) in [5.74, 6) is -0.213. The minimum Gasteiger partial charge on any atom is -0.497 e. The molecule has 3 heterocycles. The Bertz CT molecular complexity index is 1660. The molecule has 6 rings (SSSR count). The molecule has 0 radical (unpaired) electrons. The monoisotopic (exact) mass is 671 g/mol. The summed E-state index contributed by atoms with van der Waals surface area (Å²) >= 11 is 0. The van der Waals surface area contributed by atoms with Gasteiger partial charge >= 0.3 is 0 Å². The van der Waals surface area contributed by atoms with Crippen LogP contribution in [0, 0.1) is 5.92 Å². The molecule has 11 heteroatoms. The van der Waals surface area contributed by atoms with Crippen LogP contribution in [-0.4, -0.2) is 73.8 Å². The summed E-state index contributed by atoms with van der Waals surface area (Å²) < 4.78 is 12.5. The van der Waals surface area contributed by atoms with Gasteiger partial charge in [0.1, 0.15) is 5.75 Å². The molecule has 0 aromatic heterocycles. The zero-order valence-corrected chi connectivity index (χ0v) is 29.1. The molecule has 3 aromatic rings. The predicted octanol–water partition coefficient (Wildman–Crippen LogP) is 4.58. The standard InChI is InChI=1S/C37H45N3O7Si/c1-25-35(48(3,4)45)32(22-34(43)38(19-20-41)23-26-9-6-5-7-10-26)47-37(25)30-21-29(46-2)16-17-31(30)40(36(37)44)24-27-12-14-28(15-13-27)39-18-8-11-33(39)42/h5-7,9-10,12-17,21,25,32,35,41,45H,8,11,18-20,22-24H2,1-4H3/t25-,32+,35-,37+/m1/s1. The van der Waals surface area contributed by atoms with E-state index in [1.54, 1.807) is 21.8 Å². The van der Waals surface area contributed by atoms with Crippen molar-refractivity contribution in [3.8, 4) is 5.75 Å². The molecule has 2 fully saturated rings. The predicted molar refractivity (Wildman–Crippen MR) is 185 cm³/mol. The van der Waals surface area contributed by atoms with Crippen LogP contribution in [-0.2, 0) is 37.8 Å². The average Bonchev–Trinajstić information content (AvgIpc) is 3.70. The lowest BCUT2D eigenvalue weighted by Gasteiger charge is -2.32. The van der Waals surface area contributed by atoms with Gasteiger partial charge in [0.15, 0.2) is 13.9 Å². The van der Waals surface area contributed by atoms with Crippen LogP contribution in [0.3, 0.4) is 0 Å². The van der Waals surface area contributed by atoms with Gasteiger partial charge in [0.2, 0.25) is 11.8 Å². The summed E-state index contributed by atoms with van der Waals surface area (Å²) in [5, 5.41) is 9.80. The molecule has 1 spiro atoms. The van der Waals surface area contributed by atoms with E-state index in [1.165, 1.54) is 0 Å². The molecule has 2 N–H and O–H groups in total. The Morgan fingerprint density at radius 1 is 1.06 bits per heavy atom. The fraction of sp³-hybridized carbons (Fsp3) is 0.432. The van der Waals surface area contributed by atoms with Gasteiger partial charge in [-0.05, 0) is 61.0 Å². The topological polar surface area (TPSA) is 120 Å². The van der Waals surface area contributed by atoms with E-state index in [-0.39, 0.29) is 43.8 Å². The van der Waals surface area contributed by atoms with Crippen LogP contribution >= 0.6 is 0 Å². The van der Waals surface area contributed by atoms with Crippen molar-refractivity contribution < 1.29 is 33.8 Å². The van der Waals surface area contributed by atoms with Crippen LogP contribution in [0.5, 0.6) is 5.75 Å². The maximum atomic E-state index is 14.8. The van der Waals surface area contributed by atoms with Crippen molar-refractivity contribution in [2.45, 2.75) is 69.6 Å². The van der Waals surface area contributed by atoms with E-state index in [0.717, 1.165) is 23.2 Å². The number of carbonyl (C=O) groups excluding carboxylic acids is 3. The third-order valence-corrected chi connectivity index (χ3v) is 12.7. The number of methoxy groups -OCH3 is 1. The Hall–Kier alpha value is -4.03. The molecule has 254 valence electrons. The SMILES string of the molecule is COc1ccc2c(c1)[C@]1(O[C@@H](CC(=O)N(CCO)Cc3ccccc3)[C@H]([Si](C)(C)O)[C@H]1C)C(=O)N2Cc1ccc(N2CCCC2=O)cc1. The maximum Gasteiger partial charge on any atom is 0.264 e. The summed E-state index contributed by atoms with van der Waals surface area (Å²) in [4.78, 5) is 57.8. The van der Waals surface area contributed by atoms with Crippen molar-refractivity contribution >= 4 is 37.4 Å². The Labute approximate surface area is 283 Å². The van der Waals surface area contributed by atoms with Gasteiger partial charge < -0.3 is 34.1 Å². The minimum absolute atomic E-state index is 0.0379. The second kappa shape index (κ2) is 13.5. The number of anilines is 2. The van der Waals surface area contributed by atoms with Gasteiger partial charge in [-0.3, -0.25) is 14.4 Å². The number of aliphatic hydroxyl groups is 1. The number of benzene rings is 3. The number of ether oxygens (including phenoxy) is 2. The zero-order valence-electron chi connectivity index (χ0n) is 28.1. The first-order valence-corrected chi connectivity index (χ1v) is 19.7. The van der Waals surface area contributed by atoms with Crippen LogP contribution in [0.1, 0.15) is 42.9 Å². The summed E-state index contributed by atoms with van der Waals surface area (Å²) in [7, 11) is -1.44. The largest absolute Gasteiger partial charge is 0.497 e. The number of nitrogens with zero attached hydrogens (tertiary/aromatic N) is 3. The van der Waals surface area contributed by atoms with E-state index in [0.29, 0.717) is 36.5 Å². The molecule has 0 saturated carbocycles. The van der Waals surface area contributed by atoms with E-state index in [4.69, 9.17) is 9.47 Å². The van der Waals surface area contributed by atoms with E-state index in [2.05, 4.69) is 0 Å². The first-order chi connectivity index (χ1) is 23.0. The van der Waals surface area contributed by atoms with Crippen molar-refractivity contribution in [2.75, 3.05) is 36.6 Å². The van der Waals surface area contributed by atoms with Gasteiger partial charge in [-0.1, -0.05) is 49.4 Å². The van der Waals surface area contributed by atoms with Gasteiger partial charge in [-0.25, -0.2) is 0 Å². The van der Waals surface area contributed by atoms with Crippen LogP contribution in [0.2, 0.25) is 18.6 Å². The molecular formula is C37H45N3O7Si. The van der Waals surface area contributed by atoms with E-state index in [1.807, 2.05) is 92.8 Å². The number of rotatable bonds is 11. The number of amides is 3. The first-order valence-electron chi connectivity index (χ1n) is 16.7. The van der Waals surface area contributed by atoms with Gasteiger partial charge in [-0.2, -0.15) is 0 Å². The summed E-state index contributed by atoms with van der Waals surface area (Å²) in [5.41, 5.74) is 2.16. The molecule has 4 atom stereocenters. The molecule has 3 aliphatic rings. The Kier molecular flexibility index (Phi) is 9.50. The van der Waals surface area contributed by atoms with E-state index in [9.17, 15) is 24.3 Å². The number of fused-ring (bicyclic) bond motifs is 2. The normalized spacial score (nSPS) is 23.7. The third kappa shape index (κ3) is 6.16. The highest BCUT2D eigenvalue weighted by atomic mass is 28.4. The molecule has 0 aliphatic carbocycles. The number of hydrogen-bond acceptors (Lipinski definition) is 7. The molecule has 10 nitrogen and oxygen atoms in total. The van der Waals surface area contributed by atoms with Gasteiger partial charge in [0.25, 0.3) is 5.91 Å². The first kappa shape index (κ1) is 33.9. The fourth-order valence-corrected chi connectivity index (χ4v) is 10.5. The minimum atomic E-state index is -3.01. The van der Waals surface area contributed by atoms with Crippen LogP contribution < -0.4 is 14.5 Å². The average molecular weight is 672 g/mol. The molecule has 3 aromatic carbocycles. The highest BCUT2D eigenvalue weighted by Gasteiger charge is 2.66. The summed E-state index contributed by atoms with van der Waals surface area (Å²) in [6, 6.07) is 22.8. The number of aliphatic hydroxyl groups excluding tert-OH is 1. The molecule has 3 amide bonds. The molecular weight excluding hydrogens is 627 g/mol. The van der Waals surface area contributed by atoms with Crippen molar-refractivity contribution in [1.82, 2.24) is 4.90 Å². The quantitative estimate of drug-likeness (QED) is 0.287. The second-order valence-corrected chi connectivity index (χ2v) is 17.7. The lowest BCUT2D eigenvalue weighted by Crippen LogP contribution is -2.46. The molecule has 0 unspecified atom stereocenters. The van der Waals surface area contributed by atoms with Gasteiger partial charge in [-0.15, -0.1) is 0 Å². The van der Waals surface area contributed by atoms with Crippen molar-refractivity contribution in [3.05, 3.63) is 89.5 Å². The number of carbonyl (C=O) groups is 3. The molecule has 0 bridgehead atoms. The number of hydrogen-bond donors (Lipinski definition) is 2. The van der Waals surface area contributed by atoms with Gasteiger partial charge in [0, 0.05) is 48.8 Å². The van der Waals surface area contributed by atoms with Crippen LogP contribution in [0.15, 0.2) is 72.8 Å². The lowest BCUT2D eigenvalue weighted by atomic mass is 9.82. The lowest BCUT2D eigenvalue weighted by molar-refractivity contribution is -0.150. The van der Waals surface area contributed by atoms with E-state index >= 15 is 0 Å². The Morgan fingerprint density at radius 3 is 2.42 bits per heavy atom. The van der Waals surface area contributed by atoms with Crippen molar-refractivity contribution in [1.29, 1.82) is 0 Å². The Morgan fingerprint density at radius 2 is 1.79 bits per heavy atom. The smallest absolute Gasteiger partial charge is 0.264 e. The zero-order chi connectivity index (χ0) is 34.2. The highest BCUT2D eigenvalue weighted by molar-refractivity contribution is 6.71. The van der Waals surface area contributed by atoms with Crippen molar-refractivity contribution in [2.24, 2.45) is 5.92 Å². The molecule has 3 aliphatic heterocycles. The van der Waals surface area contributed by atoms with Crippen LogP contribution in [0.4, 0.5) is 11.4 Å². The maximum absolute atomic E-state index is 14.8. The van der Waals surface area contributed by atoms with Gasteiger partial charge in [0.05, 0.1) is 38.5 Å². The summed E-state index contributed by atoms with van der Waals surface area (Å²) in [6.07, 6.45) is 0.634. The van der Waals surface area contributed by atoms with Crippen LogP contribution in [0.25, 0.3) is 0 Å². The molecule has 2 saturated heterocycles. The molecule has 48 heavy (non-hydrogen) atoms. The fourth-order valence-electron chi connectivity index (χ4n) is 7.94. The van der Waals surface area contributed by atoms with E-state index < -0.39 is 31.5 Å². The highest BCUT2D eigenvalue weighted by Crippen LogP contribution is 2.60. The Balaban J connectivity index is 1.32. The van der Waals surface area contributed by atoms with Crippen molar-refractivity contribution in [3.63, 3.8) is 0 Å².